The predicted octanol–water partition coefficient (Wildman–Crippen LogP) is 2.89. The molecule has 0 aromatic carbocycles. The van der Waals surface area contributed by atoms with Gasteiger partial charge >= 0.3 is 0 Å². The third-order valence-corrected chi connectivity index (χ3v) is 5.30. The lowest BCUT2D eigenvalue weighted by molar-refractivity contribution is -0.0984. The van der Waals surface area contributed by atoms with E-state index >= 15 is 0 Å². The topological polar surface area (TPSA) is 60.2 Å². The molecule has 116 valence electrons. The quantitative estimate of drug-likeness (QED) is 0.661. The fourth-order valence-corrected chi connectivity index (χ4v) is 4.19. The lowest BCUT2D eigenvalue weighted by Crippen LogP contribution is -2.44. The second kappa shape index (κ2) is 6.42. The SMILES string of the molecule is CCc1cccnc1C(NN)C1CCOC2(CCCC2)C1. The minimum atomic E-state index is 0.124. The van der Waals surface area contributed by atoms with Crippen molar-refractivity contribution in [3.63, 3.8) is 0 Å². The Labute approximate surface area is 127 Å². The molecule has 3 N–H and O–H groups in total. The summed E-state index contributed by atoms with van der Waals surface area (Å²) < 4.78 is 6.15. The van der Waals surface area contributed by atoms with Gasteiger partial charge in [0.2, 0.25) is 0 Å². The summed E-state index contributed by atoms with van der Waals surface area (Å²) in [5.41, 5.74) is 5.60. The van der Waals surface area contributed by atoms with Crippen LogP contribution in [0, 0.1) is 5.92 Å². The summed E-state index contributed by atoms with van der Waals surface area (Å²) in [5.74, 6) is 6.43. The summed E-state index contributed by atoms with van der Waals surface area (Å²) in [6.07, 6.45) is 10.1. The first kappa shape index (κ1) is 14.9. The van der Waals surface area contributed by atoms with E-state index in [1.54, 1.807) is 0 Å². The van der Waals surface area contributed by atoms with Gasteiger partial charge in [-0.3, -0.25) is 16.3 Å². The lowest BCUT2D eigenvalue weighted by atomic mass is 9.79. The van der Waals surface area contributed by atoms with E-state index in [1.165, 1.54) is 31.2 Å². The second-order valence-electron chi connectivity index (χ2n) is 6.54. The van der Waals surface area contributed by atoms with Crippen molar-refractivity contribution in [2.75, 3.05) is 6.61 Å². The van der Waals surface area contributed by atoms with Crippen molar-refractivity contribution in [3.05, 3.63) is 29.6 Å². The van der Waals surface area contributed by atoms with E-state index in [-0.39, 0.29) is 11.6 Å². The highest BCUT2D eigenvalue weighted by atomic mass is 16.5. The van der Waals surface area contributed by atoms with Crippen LogP contribution in [-0.2, 0) is 11.2 Å². The van der Waals surface area contributed by atoms with E-state index in [9.17, 15) is 0 Å². The van der Waals surface area contributed by atoms with Crippen LogP contribution in [0.3, 0.4) is 0 Å². The summed E-state index contributed by atoms with van der Waals surface area (Å²) in [7, 11) is 0. The molecule has 2 atom stereocenters. The van der Waals surface area contributed by atoms with Gasteiger partial charge in [0.25, 0.3) is 0 Å². The Hall–Kier alpha value is -0.970. The minimum absolute atomic E-state index is 0.124. The van der Waals surface area contributed by atoms with Gasteiger partial charge in [-0.2, -0.15) is 0 Å². The van der Waals surface area contributed by atoms with E-state index in [1.807, 2.05) is 12.3 Å². The van der Waals surface area contributed by atoms with Crippen LogP contribution in [0.25, 0.3) is 0 Å². The van der Waals surface area contributed by atoms with Crippen molar-refractivity contribution < 1.29 is 4.74 Å². The van der Waals surface area contributed by atoms with Gasteiger partial charge in [0, 0.05) is 12.8 Å². The van der Waals surface area contributed by atoms with Crippen molar-refractivity contribution in [3.8, 4) is 0 Å². The molecule has 2 heterocycles. The van der Waals surface area contributed by atoms with Crippen molar-refractivity contribution in [1.29, 1.82) is 0 Å². The number of ether oxygens (including phenoxy) is 1. The molecule has 0 radical (unpaired) electrons. The highest BCUT2D eigenvalue weighted by Crippen LogP contribution is 2.45. The van der Waals surface area contributed by atoms with Gasteiger partial charge in [-0.05, 0) is 49.7 Å². The molecule has 1 saturated carbocycles. The van der Waals surface area contributed by atoms with Crippen LogP contribution in [0.4, 0.5) is 0 Å². The summed E-state index contributed by atoms with van der Waals surface area (Å²) >= 11 is 0. The monoisotopic (exact) mass is 289 g/mol. The van der Waals surface area contributed by atoms with Crippen molar-refractivity contribution >= 4 is 0 Å². The van der Waals surface area contributed by atoms with Crippen LogP contribution in [0.5, 0.6) is 0 Å². The highest BCUT2D eigenvalue weighted by molar-refractivity contribution is 5.23. The van der Waals surface area contributed by atoms with Crippen molar-refractivity contribution in [2.45, 2.75) is 63.5 Å². The molecular formula is C17H27N3O. The van der Waals surface area contributed by atoms with Crippen molar-refractivity contribution in [1.82, 2.24) is 10.4 Å². The molecule has 2 aliphatic rings. The number of pyridine rings is 1. The Morgan fingerprint density at radius 1 is 1.48 bits per heavy atom. The Morgan fingerprint density at radius 3 is 3.00 bits per heavy atom. The van der Waals surface area contributed by atoms with Gasteiger partial charge in [-0.25, -0.2) is 0 Å². The number of hydrogen-bond donors (Lipinski definition) is 2. The van der Waals surface area contributed by atoms with Crippen LogP contribution in [0.2, 0.25) is 0 Å². The van der Waals surface area contributed by atoms with Gasteiger partial charge in [0.05, 0.1) is 17.3 Å². The normalized spacial score (nSPS) is 26.1. The molecule has 1 aliphatic carbocycles. The van der Waals surface area contributed by atoms with Gasteiger partial charge in [0.1, 0.15) is 0 Å². The lowest BCUT2D eigenvalue weighted by Gasteiger charge is -2.41. The number of nitrogens with zero attached hydrogens (tertiary/aromatic N) is 1. The third kappa shape index (κ3) is 2.98. The molecule has 1 aromatic heterocycles. The van der Waals surface area contributed by atoms with Crippen LogP contribution in [0.15, 0.2) is 18.3 Å². The highest BCUT2D eigenvalue weighted by Gasteiger charge is 2.42. The van der Waals surface area contributed by atoms with Crippen LogP contribution >= 0.6 is 0 Å². The molecule has 4 heteroatoms. The largest absolute Gasteiger partial charge is 0.375 e. The first-order valence-corrected chi connectivity index (χ1v) is 8.32. The Bertz CT molecular complexity index is 471. The van der Waals surface area contributed by atoms with Crippen LogP contribution in [-0.4, -0.2) is 17.2 Å². The smallest absolute Gasteiger partial charge is 0.0686 e. The minimum Gasteiger partial charge on any atom is -0.375 e. The molecule has 0 amide bonds. The fraction of sp³-hybridized carbons (Fsp3) is 0.706. The Kier molecular flexibility index (Phi) is 4.57. The molecule has 1 saturated heterocycles. The molecule has 3 rings (SSSR count). The summed E-state index contributed by atoms with van der Waals surface area (Å²) in [6, 6.07) is 4.32. The fourth-order valence-electron chi connectivity index (χ4n) is 4.19. The molecule has 1 aromatic rings. The van der Waals surface area contributed by atoms with E-state index in [4.69, 9.17) is 10.6 Å². The van der Waals surface area contributed by atoms with Crippen LogP contribution in [0.1, 0.15) is 62.7 Å². The van der Waals surface area contributed by atoms with Gasteiger partial charge in [-0.15, -0.1) is 0 Å². The Morgan fingerprint density at radius 2 is 2.29 bits per heavy atom. The molecule has 4 nitrogen and oxygen atoms in total. The van der Waals surface area contributed by atoms with Crippen molar-refractivity contribution in [2.24, 2.45) is 11.8 Å². The number of aromatic nitrogens is 1. The van der Waals surface area contributed by atoms with E-state index in [0.29, 0.717) is 5.92 Å². The number of hydrazine groups is 1. The third-order valence-electron chi connectivity index (χ3n) is 5.30. The summed E-state index contributed by atoms with van der Waals surface area (Å²) in [5, 5.41) is 0. The maximum Gasteiger partial charge on any atom is 0.0686 e. The number of nitrogens with two attached hydrogens (primary N) is 1. The number of hydrogen-bond acceptors (Lipinski definition) is 4. The molecular weight excluding hydrogens is 262 g/mol. The van der Waals surface area contributed by atoms with E-state index in [2.05, 4.69) is 23.4 Å². The predicted molar refractivity (Wildman–Crippen MR) is 83.6 cm³/mol. The zero-order valence-corrected chi connectivity index (χ0v) is 13.0. The average molecular weight is 289 g/mol. The standard InChI is InChI=1S/C17H27N3O/c1-2-13-6-5-10-19-15(13)16(20-18)14-7-11-21-17(12-14)8-3-4-9-17/h5-6,10,14,16,20H,2-4,7-9,11-12,18H2,1H3. The Balaban J connectivity index is 1.82. The molecule has 2 unspecified atom stereocenters. The van der Waals surface area contributed by atoms with Gasteiger partial charge < -0.3 is 4.74 Å². The van der Waals surface area contributed by atoms with Crippen LogP contribution < -0.4 is 11.3 Å². The number of rotatable bonds is 4. The second-order valence-corrected chi connectivity index (χ2v) is 6.54. The first-order valence-electron chi connectivity index (χ1n) is 8.32. The number of nitrogens with one attached hydrogen (secondary N) is 1. The molecule has 0 bridgehead atoms. The maximum atomic E-state index is 6.15. The molecule has 1 spiro atoms. The molecule has 21 heavy (non-hydrogen) atoms. The first-order chi connectivity index (χ1) is 10.3. The van der Waals surface area contributed by atoms with E-state index in [0.717, 1.165) is 31.6 Å². The molecule has 2 fully saturated rings. The zero-order valence-electron chi connectivity index (χ0n) is 13.0. The van der Waals surface area contributed by atoms with E-state index < -0.39 is 0 Å². The molecule has 1 aliphatic heterocycles. The summed E-state index contributed by atoms with van der Waals surface area (Å²) in [6.45, 7) is 3.04. The van der Waals surface area contributed by atoms with Gasteiger partial charge in [0.15, 0.2) is 0 Å². The average Bonchev–Trinajstić information content (AvgIpc) is 2.96. The summed E-state index contributed by atoms with van der Waals surface area (Å²) in [4.78, 5) is 4.63. The number of aryl methyl sites for hydroxylation is 1. The zero-order chi connectivity index (χ0) is 14.7. The van der Waals surface area contributed by atoms with Gasteiger partial charge in [-0.1, -0.05) is 25.8 Å². The maximum absolute atomic E-state index is 6.15.